The molecule has 3 rings (SSSR count). The van der Waals surface area contributed by atoms with Gasteiger partial charge in [0.05, 0.1) is 0 Å². The number of aromatic amines is 1. The predicted octanol–water partition coefficient (Wildman–Crippen LogP) is 1.76. The Morgan fingerprint density at radius 2 is 1.97 bits per heavy atom. The van der Waals surface area contributed by atoms with Crippen LogP contribution in [0.4, 0.5) is 4.39 Å². The Hall–Kier alpha value is -1.24. The average Bonchev–Trinajstić information content (AvgIpc) is 3.17. The zero-order valence-electron chi connectivity index (χ0n) is 18.3. The SMILES string of the molecule is CCCOC(CCCO[PH]1(O)OC[C@H]2O[C@@H](n3cc(F)c(=O)[nH]c3=O)C[C@@H]2O1)OCCC. The summed E-state index contributed by atoms with van der Waals surface area (Å²) in [7, 11) is -3.89. The third-order valence-electron chi connectivity index (χ3n) is 5.03. The molecule has 0 bridgehead atoms. The van der Waals surface area contributed by atoms with Crippen LogP contribution >= 0.6 is 8.17 Å². The first-order chi connectivity index (χ1) is 15.3. The number of aromatic nitrogens is 2. The van der Waals surface area contributed by atoms with Crippen molar-refractivity contribution < 1.29 is 37.1 Å². The number of H-pyrrole nitrogens is 1. The molecule has 2 aliphatic heterocycles. The van der Waals surface area contributed by atoms with Crippen LogP contribution in [0.25, 0.3) is 0 Å². The van der Waals surface area contributed by atoms with E-state index in [2.05, 4.69) is 0 Å². The van der Waals surface area contributed by atoms with Gasteiger partial charge in [-0.2, -0.15) is 0 Å². The number of nitrogens with one attached hydrogen (secondary N) is 1. The molecular weight excluding hydrogens is 450 g/mol. The van der Waals surface area contributed by atoms with Gasteiger partial charge in [0.15, 0.2) is 0 Å². The monoisotopic (exact) mass is 482 g/mol. The van der Waals surface area contributed by atoms with E-state index in [0.717, 1.165) is 23.6 Å². The van der Waals surface area contributed by atoms with Gasteiger partial charge in [0.25, 0.3) is 0 Å². The van der Waals surface area contributed by atoms with E-state index < -0.39 is 43.7 Å². The van der Waals surface area contributed by atoms with Crippen molar-refractivity contribution in [1.29, 1.82) is 0 Å². The Morgan fingerprint density at radius 3 is 2.66 bits per heavy atom. The molecule has 1 aromatic heterocycles. The predicted molar refractivity (Wildman–Crippen MR) is 113 cm³/mol. The molecule has 13 heteroatoms. The van der Waals surface area contributed by atoms with Crippen molar-refractivity contribution in [3.63, 3.8) is 0 Å². The first-order valence-electron chi connectivity index (χ1n) is 10.9. The number of rotatable bonds is 12. The summed E-state index contributed by atoms with van der Waals surface area (Å²) in [6, 6.07) is 0. The molecule has 2 aliphatic rings. The van der Waals surface area contributed by atoms with Crippen LogP contribution in [0, 0.1) is 5.82 Å². The summed E-state index contributed by atoms with van der Waals surface area (Å²) in [5.74, 6) is -1.10. The zero-order chi connectivity index (χ0) is 23.1. The Labute approximate surface area is 185 Å². The van der Waals surface area contributed by atoms with E-state index in [1.54, 1.807) is 0 Å². The molecule has 11 nitrogen and oxygen atoms in total. The van der Waals surface area contributed by atoms with Crippen LogP contribution in [0.3, 0.4) is 0 Å². The van der Waals surface area contributed by atoms with Gasteiger partial charge in [-0.25, -0.2) is 0 Å². The molecule has 0 saturated carbocycles. The normalized spacial score (nSPS) is 25.7. The molecule has 0 aliphatic carbocycles. The fraction of sp³-hybridized carbons (Fsp3) is 0.789. The van der Waals surface area contributed by atoms with Crippen molar-refractivity contribution in [2.75, 3.05) is 26.4 Å². The minimum absolute atomic E-state index is 0.00627. The van der Waals surface area contributed by atoms with E-state index in [9.17, 15) is 18.9 Å². The van der Waals surface area contributed by atoms with E-state index in [1.165, 1.54) is 0 Å². The molecule has 0 amide bonds. The Balaban J connectivity index is 1.49. The molecule has 2 N–H and O–H groups in total. The molecule has 184 valence electrons. The van der Waals surface area contributed by atoms with Gasteiger partial charge in [-0.15, -0.1) is 0 Å². The van der Waals surface area contributed by atoms with E-state index in [-0.39, 0.29) is 25.9 Å². The van der Waals surface area contributed by atoms with Gasteiger partial charge in [0.1, 0.15) is 0 Å². The third kappa shape index (κ3) is 6.64. The van der Waals surface area contributed by atoms with Gasteiger partial charge in [-0.3, -0.25) is 0 Å². The van der Waals surface area contributed by atoms with Crippen molar-refractivity contribution >= 4 is 8.17 Å². The van der Waals surface area contributed by atoms with Crippen LogP contribution in [-0.2, 0) is 27.8 Å². The van der Waals surface area contributed by atoms with Crippen LogP contribution in [-0.4, -0.2) is 59.4 Å². The van der Waals surface area contributed by atoms with Crippen molar-refractivity contribution in [3.05, 3.63) is 32.9 Å². The van der Waals surface area contributed by atoms with Gasteiger partial charge in [0.2, 0.25) is 0 Å². The summed E-state index contributed by atoms with van der Waals surface area (Å²) in [6.45, 7) is 5.45. The summed E-state index contributed by atoms with van der Waals surface area (Å²) in [5, 5.41) is 0. The second kappa shape index (κ2) is 11.8. The van der Waals surface area contributed by atoms with E-state index >= 15 is 0 Å². The Morgan fingerprint density at radius 1 is 1.25 bits per heavy atom. The van der Waals surface area contributed by atoms with E-state index in [4.69, 9.17) is 27.8 Å². The zero-order valence-corrected chi connectivity index (χ0v) is 19.3. The number of fused-ring (bicyclic) bond motifs is 1. The summed E-state index contributed by atoms with van der Waals surface area (Å²) in [4.78, 5) is 35.7. The molecule has 2 fully saturated rings. The van der Waals surface area contributed by atoms with Gasteiger partial charge in [-0.05, 0) is 0 Å². The Bertz CT molecular complexity index is 845. The topological polar surface area (TPSA) is 130 Å². The Kier molecular flexibility index (Phi) is 9.33. The minimum atomic E-state index is -3.89. The number of nitrogens with zero attached hydrogens (tertiary/aromatic N) is 1. The van der Waals surface area contributed by atoms with Gasteiger partial charge in [-0.1, -0.05) is 0 Å². The van der Waals surface area contributed by atoms with Crippen LogP contribution in [0.15, 0.2) is 15.8 Å². The maximum absolute atomic E-state index is 13.6. The summed E-state index contributed by atoms with van der Waals surface area (Å²) >= 11 is 0. The summed E-state index contributed by atoms with van der Waals surface area (Å²) in [5.41, 5.74) is -1.89. The van der Waals surface area contributed by atoms with E-state index in [1.807, 2.05) is 18.8 Å². The molecule has 3 atom stereocenters. The molecular formula is C19H32FN2O9P. The fourth-order valence-corrected chi connectivity index (χ4v) is 5.10. The molecule has 1 aromatic rings. The van der Waals surface area contributed by atoms with Crippen LogP contribution < -0.4 is 11.2 Å². The number of halogens is 1. The quantitative estimate of drug-likeness (QED) is 0.260. The van der Waals surface area contributed by atoms with Gasteiger partial charge in [0, 0.05) is 0 Å². The average molecular weight is 482 g/mol. The maximum atomic E-state index is 13.6. The molecule has 0 unspecified atom stereocenters. The molecule has 0 aromatic carbocycles. The first kappa shape index (κ1) is 25.4. The second-order valence-corrected chi connectivity index (χ2v) is 9.52. The molecule has 3 heterocycles. The standard InChI is InChI=1S/C19H32FN2O9P/c1-3-7-26-17(27-8-4-2)6-5-9-28-32(25)29-12-15-14(31-32)10-16(30-15)22-11-13(20)18(23)21-19(22)24/h11,14-17,25,32H,3-10,12H2,1-2H3,(H,21,23,24)/t14-,15+,16+/m0/s1. The molecule has 32 heavy (non-hydrogen) atoms. The van der Waals surface area contributed by atoms with Crippen molar-refractivity contribution in [2.24, 2.45) is 0 Å². The molecule has 0 radical (unpaired) electrons. The number of hydrogen-bond donors (Lipinski definition) is 2. The number of hydrogen-bond acceptors (Lipinski definition) is 9. The summed E-state index contributed by atoms with van der Waals surface area (Å²) in [6.07, 6.45) is 1.55. The van der Waals surface area contributed by atoms with Crippen LogP contribution in [0.1, 0.15) is 52.2 Å². The van der Waals surface area contributed by atoms with Gasteiger partial charge >= 0.3 is 185 Å². The van der Waals surface area contributed by atoms with Crippen LogP contribution in [0.5, 0.6) is 0 Å². The molecule has 2 saturated heterocycles. The van der Waals surface area contributed by atoms with Crippen LogP contribution in [0.2, 0.25) is 0 Å². The van der Waals surface area contributed by atoms with Crippen molar-refractivity contribution in [3.8, 4) is 0 Å². The molecule has 0 spiro atoms. The third-order valence-corrected chi connectivity index (χ3v) is 6.73. The van der Waals surface area contributed by atoms with Crippen molar-refractivity contribution in [1.82, 2.24) is 9.55 Å². The first-order valence-corrected chi connectivity index (χ1v) is 12.6. The fourth-order valence-electron chi connectivity index (χ4n) is 3.47. The number of ether oxygens (including phenoxy) is 3. The van der Waals surface area contributed by atoms with Gasteiger partial charge < -0.3 is 0 Å². The second-order valence-electron chi connectivity index (χ2n) is 7.66. The van der Waals surface area contributed by atoms with E-state index in [0.29, 0.717) is 26.1 Å². The summed E-state index contributed by atoms with van der Waals surface area (Å²) < 4.78 is 48.2. The van der Waals surface area contributed by atoms with Crippen molar-refractivity contribution in [2.45, 2.75) is 70.7 Å².